The number of amides is 1. The van der Waals surface area contributed by atoms with Crippen LogP contribution >= 0.6 is 0 Å². The largest absolute Gasteiger partial charge is 0.453 e. The SMILES string of the molecule is COC(=O)N[C@@H]1C[C@H](C(C)C)CC(C)=C1C. The van der Waals surface area contributed by atoms with Crippen LogP contribution in [0.5, 0.6) is 0 Å². The van der Waals surface area contributed by atoms with Crippen molar-refractivity contribution in [1.29, 1.82) is 0 Å². The van der Waals surface area contributed by atoms with E-state index >= 15 is 0 Å². The molecule has 0 saturated carbocycles. The summed E-state index contributed by atoms with van der Waals surface area (Å²) in [6.07, 6.45) is 1.85. The van der Waals surface area contributed by atoms with E-state index in [0.29, 0.717) is 11.8 Å². The molecule has 0 aromatic carbocycles. The van der Waals surface area contributed by atoms with E-state index in [4.69, 9.17) is 0 Å². The highest BCUT2D eigenvalue weighted by Gasteiger charge is 2.28. The van der Waals surface area contributed by atoms with Gasteiger partial charge in [-0.15, -0.1) is 0 Å². The van der Waals surface area contributed by atoms with Crippen LogP contribution < -0.4 is 5.32 Å². The summed E-state index contributed by atoms with van der Waals surface area (Å²) >= 11 is 0. The zero-order valence-electron chi connectivity index (χ0n) is 11.0. The first-order chi connectivity index (χ1) is 7.45. The van der Waals surface area contributed by atoms with Crippen LogP contribution in [0.2, 0.25) is 0 Å². The van der Waals surface area contributed by atoms with Crippen molar-refractivity contribution in [2.45, 2.75) is 46.6 Å². The van der Waals surface area contributed by atoms with E-state index in [0.717, 1.165) is 12.8 Å². The second kappa shape index (κ2) is 5.37. The predicted molar refractivity (Wildman–Crippen MR) is 65.3 cm³/mol. The molecule has 0 unspecified atom stereocenters. The Morgan fingerprint density at radius 3 is 2.56 bits per heavy atom. The molecule has 0 spiro atoms. The maximum absolute atomic E-state index is 11.3. The molecule has 0 aromatic rings. The molecule has 1 aliphatic carbocycles. The van der Waals surface area contributed by atoms with Gasteiger partial charge in [0, 0.05) is 0 Å². The average Bonchev–Trinajstić information content (AvgIpc) is 2.23. The Balaban J connectivity index is 2.75. The maximum atomic E-state index is 11.3. The van der Waals surface area contributed by atoms with Gasteiger partial charge in [0.15, 0.2) is 0 Å². The van der Waals surface area contributed by atoms with Crippen molar-refractivity contribution >= 4 is 6.09 Å². The van der Waals surface area contributed by atoms with Crippen LogP contribution in [-0.4, -0.2) is 19.2 Å². The van der Waals surface area contributed by atoms with E-state index in [1.54, 1.807) is 0 Å². The molecule has 3 heteroatoms. The highest BCUT2D eigenvalue weighted by atomic mass is 16.5. The van der Waals surface area contributed by atoms with Gasteiger partial charge in [0.2, 0.25) is 0 Å². The van der Waals surface area contributed by atoms with Crippen molar-refractivity contribution in [3.8, 4) is 0 Å². The zero-order valence-corrected chi connectivity index (χ0v) is 11.0. The number of carbonyl (C=O) groups excluding carboxylic acids is 1. The highest BCUT2D eigenvalue weighted by Crippen LogP contribution is 2.33. The summed E-state index contributed by atoms with van der Waals surface area (Å²) in [6, 6.07) is 0.147. The number of nitrogens with one attached hydrogen (secondary N) is 1. The Bertz CT molecular complexity index is 294. The third-order valence-electron chi connectivity index (χ3n) is 3.72. The number of ether oxygens (including phenoxy) is 1. The highest BCUT2D eigenvalue weighted by molar-refractivity contribution is 5.68. The van der Waals surface area contributed by atoms with Crippen molar-refractivity contribution in [2.75, 3.05) is 7.11 Å². The van der Waals surface area contributed by atoms with Gasteiger partial charge in [0.05, 0.1) is 13.2 Å². The van der Waals surface area contributed by atoms with Gasteiger partial charge in [-0.2, -0.15) is 0 Å². The Morgan fingerprint density at radius 2 is 2.06 bits per heavy atom. The van der Waals surface area contributed by atoms with E-state index in [1.807, 2.05) is 0 Å². The van der Waals surface area contributed by atoms with Crippen LogP contribution in [-0.2, 0) is 4.74 Å². The summed E-state index contributed by atoms with van der Waals surface area (Å²) < 4.78 is 4.66. The topological polar surface area (TPSA) is 38.3 Å². The fourth-order valence-corrected chi connectivity index (χ4v) is 2.29. The number of allylic oxidation sites excluding steroid dienone is 1. The molecule has 1 rings (SSSR count). The Labute approximate surface area is 98.2 Å². The van der Waals surface area contributed by atoms with E-state index in [1.165, 1.54) is 18.3 Å². The van der Waals surface area contributed by atoms with Gasteiger partial charge in [0.1, 0.15) is 0 Å². The van der Waals surface area contributed by atoms with E-state index in [-0.39, 0.29) is 12.1 Å². The molecule has 0 bridgehead atoms. The number of hydrogen-bond acceptors (Lipinski definition) is 2. The van der Waals surface area contributed by atoms with Crippen LogP contribution in [0, 0.1) is 11.8 Å². The molecule has 0 saturated heterocycles. The van der Waals surface area contributed by atoms with E-state index in [2.05, 4.69) is 37.7 Å². The minimum atomic E-state index is -0.332. The van der Waals surface area contributed by atoms with Crippen molar-refractivity contribution in [3.05, 3.63) is 11.1 Å². The molecule has 1 N–H and O–H groups in total. The van der Waals surface area contributed by atoms with E-state index in [9.17, 15) is 4.79 Å². The number of carbonyl (C=O) groups is 1. The second-order valence-electron chi connectivity index (χ2n) is 5.10. The Kier molecular flexibility index (Phi) is 4.39. The second-order valence-corrected chi connectivity index (χ2v) is 5.10. The molecule has 1 aliphatic rings. The molecule has 0 radical (unpaired) electrons. The monoisotopic (exact) mass is 225 g/mol. The molecule has 2 atom stereocenters. The smallest absolute Gasteiger partial charge is 0.407 e. The lowest BCUT2D eigenvalue weighted by Gasteiger charge is -2.33. The third-order valence-corrected chi connectivity index (χ3v) is 3.72. The first-order valence-electron chi connectivity index (χ1n) is 5.96. The fraction of sp³-hybridized carbons (Fsp3) is 0.769. The minimum Gasteiger partial charge on any atom is -0.453 e. The summed E-state index contributed by atoms with van der Waals surface area (Å²) in [4.78, 5) is 11.3. The lowest BCUT2D eigenvalue weighted by molar-refractivity contribution is 0.164. The molecule has 92 valence electrons. The molecule has 0 fully saturated rings. The molecular weight excluding hydrogens is 202 g/mol. The van der Waals surface area contributed by atoms with Gasteiger partial charge in [-0.05, 0) is 38.5 Å². The molecule has 3 nitrogen and oxygen atoms in total. The molecular formula is C13H23NO2. The van der Waals surface area contributed by atoms with Crippen LogP contribution in [0.25, 0.3) is 0 Å². The number of rotatable bonds is 2. The van der Waals surface area contributed by atoms with Crippen LogP contribution in [0.15, 0.2) is 11.1 Å². The Hall–Kier alpha value is -0.990. The molecule has 0 aromatic heterocycles. The molecule has 1 amide bonds. The van der Waals surface area contributed by atoms with Gasteiger partial charge >= 0.3 is 6.09 Å². The van der Waals surface area contributed by atoms with Crippen molar-refractivity contribution < 1.29 is 9.53 Å². The van der Waals surface area contributed by atoms with E-state index < -0.39 is 0 Å². The van der Waals surface area contributed by atoms with Crippen LogP contribution in [0.3, 0.4) is 0 Å². The van der Waals surface area contributed by atoms with Gasteiger partial charge in [-0.1, -0.05) is 25.0 Å². The molecule has 0 aliphatic heterocycles. The number of hydrogen-bond donors (Lipinski definition) is 1. The minimum absolute atomic E-state index is 0.147. The predicted octanol–water partition coefficient (Wildman–Crippen LogP) is 3.11. The normalized spacial score (nSPS) is 25.9. The summed E-state index contributed by atoms with van der Waals surface area (Å²) in [6.45, 7) is 8.75. The first-order valence-corrected chi connectivity index (χ1v) is 5.96. The van der Waals surface area contributed by atoms with Gasteiger partial charge in [-0.25, -0.2) is 4.79 Å². The van der Waals surface area contributed by atoms with Crippen LogP contribution in [0.4, 0.5) is 4.79 Å². The number of alkyl carbamates (subject to hydrolysis) is 1. The lowest BCUT2D eigenvalue weighted by Crippen LogP contribution is -2.40. The standard InChI is InChI=1S/C13H23NO2/c1-8(2)11-6-9(3)10(4)12(7-11)14-13(15)16-5/h8,11-12H,6-7H2,1-5H3,(H,14,15)/t11-,12-/m1/s1. The van der Waals surface area contributed by atoms with Gasteiger partial charge in [0.25, 0.3) is 0 Å². The summed E-state index contributed by atoms with van der Waals surface area (Å²) in [7, 11) is 1.41. The van der Waals surface area contributed by atoms with Gasteiger partial charge in [-0.3, -0.25) is 0 Å². The summed E-state index contributed by atoms with van der Waals surface area (Å²) in [5, 5.41) is 2.91. The molecule has 0 heterocycles. The fourth-order valence-electron chi connectivity index (χ4n) is 2.29. The Morgan fingerprint density at radius 1 is 1.44 bits per heavy atom. The summed E-state index contributed by atoms with van der Waals surface area (Å²) in [5.41, 5.74) is 2.70. The third kappa shape index (κ3) is 3.00. The quantitative estimate of drug-likeness (QED) is 0.733. The summed E-state index contributed by atoms with van der Waals surface area (Å²) in [5.74, 6) is 1.32. The van der Waals surface area contributed by atoms with Crippen molar-refractivity contribution in [3.63, 3.8) is 0 Å². The number of methoxy groups -OCH3 is 1. The van der Waals surface area contributed by atoms with Crippen LogP contribution in [0.1, 0.15) is 40.5 Å². The van der Waals surface area contributed by atoms with Crippen molar-refractivity contribution in [1.82, 2.24) is 5.32 Å². The average molecular weight is 225 g/mol. The van der Waals surface area contributed by atoms with Crippen molar-refractivity contribution in [2.24, 2.45) is 11.8 Å². The first kappa shape index (κ1) is 13.1. The van der Waals surface area contributed by atoms with Gasteiger partial charge < -0.3 is 10.1 Å². The lowest BCUT2D eigenvalue weighted by atomic mass is 9.76. The maximum Gasteiger partial charge on any atom is 0.407 e. The molecule has 16 heavy (non-hydrogen) atoms. The zero-order chi connectivity index (χ0) is 12.3.